The van der Waals surface area contributed by atoms with Gasteiger partial charge in [-0.25, -0.2) is 9.78 Å². The van der Waals surface area contributed by atoms with Gasteiger partial charge in [-0.15, -0.1) is 0 Å². The van der Waals surface area contributed by atoms with Crippen molar-refractivity contribution in [2.24, 2.45) is 0 Å². The number of hydrogen-bond acceptors (Lipinski definition) is 6. The largest absolute Gasteiger partial charge is 0.491 e. The van der Waals surface area contributed by atoms with Crippen molar-refractivity contribution in [2.75, 3.05) is 54.9 Å². The number of ether oxygens (including phenoxy) is 1. The Labute approximate surface area is 210 Å². The van der Waals surface area contributed by atoms with E-state index in [0.29, 0.717) is 23.0 Å². The number of nitrogens with one attached hydrogen (secondary N) is 2. The highest BCUT2D eigenvalue weighted by Gasteiger charge is 2.19. The number of benzene rings is 2. The number of anilines is 3. The number of halogens is 1. The number of carbonyl (C=O) groups excluding carboxylic acids is 1. The molecule has 3 N–H and O–H groups in total. The Morgan fingerprint density at radius 1 is 0.971 bits per heavy atom. The zero-order valence-corrected chi connectivity index (χ0v) is 20.2. The predicted molar refractivity (Wildman–Crippen MR) is 140 cm³/mol. The molecule has 0 radical (unpaired) electrons. The lowest BCUT2D eigenvalue weighted by Gasteiger charge is -2.24. The molecule has 1 fully saturated rings. The summed E-state index contributed by atoms with van der Waals surface area (Å²) in [6, 6.07) is 19.9. The first-order valence-electron chi connectivity index (χ1n) is 11.7. The van der Waals surface area contributed by atoms with Crippen molar-refractivity contribution < 1.29 is 14.6 Å². The summed E-state index contributed by atoms with van der Waals surface area (Å²) in [5.41, 5.74) is 1.35. The van der Waals surface area contributed by atoms with Gasteiger partial charge in [0.15, 0.2) is 0 Å². The topological polar surface area (TPSA) is 90.0 Å². The van der Waals surface area contributed by atoms with E-state index in [1.807, 2.05) is 42.5 Å². The van der Waals surface area contributed by atoms with Crippen LogP contribution in [0.3, 0.4) is 0 Å². The van der Waals surface area contributed by atoms with E-state index >= 15 is 0 Å². The molecule has 3 aromatic rings. The number of β-amino-alcohol motifs (C(OH)–C–C–N with tert-alkyl or cyclic N) is 1. The van der Waals surface area contributed by atoms with Gasteiger partial charge in [-0.3, -0.25) is 4.90 Å². The van der Waals surface area contributed by atoms with Crippen LogP contribution in [0.25, 0.3) is 0 Å². The van der Waals surface area contributed by atoms with Crippen molar-refractivity contribution in [1.82, 2.24) is 9.88 Å². The fourth-order valence-corrected chi connectivity index (χ4v) is 4.04. The number of nitrogens with zero attached hydrogens (tertiary/aromatic N) is 3. The van der Waals surface area contributed by atoms with Gasteiger partial charge in [-0.2, -0.15) is 0 Å². The van der Waals surface area contributed by atoms with Crippen LogP contribution in [-0.2, 0) is 0 Å². The standard InChI is InChI=1S/C26H30ClN5O3/c27-20-7-10-24(11-8-20)35-19-23(33)18-31-13-4-14-32(16-15-31)25-12-9-22(17-28-25)30-26(34)29-21-5-2-1-3-6-21/h1-3,5-12,17,23,33H,4,13-16,18-19H2,(H2,29,30,34). The fourth-order valence-electron chi connectivity index (χ4n) is 3.92. The van der Waals surface area contributed by atoms with Crippen LogP contribution >= 0.6 is 11.6 Å². The molecule has 2 amide bonds. The van der Waals surface area contributed by atoms with Crippen LogP contribution in [0.4, 0.5) is 22.0 Å². The zero-order chi connectivity index (χ0) is 24.5. The molecule has 35 heavy (non-hydrogen) atoms. The number of aromatic nitrogens is 1. The first kappa shape index (κ1) is 24.8. The van der Waals surface area contributed by atoms with E-state index in [2.05, 4.69) is 25.4 Å². The molecule has 1 aliphatic rings. The highest BCUT2D eigenvalue weighted by Crippen LogP contribution is 2.18. The number of pyridine rings is 1. The van der Waals surface area contributed by atoms with E-state index in [1.165, 1.54) is 0 Å². The summed E-state index contributed by atoms with van der Waals surface area (Å²) in [5, 5.41) is 16.7. The lowest BCUT2D eigenvalue weighted by molar-refractivity contribution is 0.0705. The van der Waals surface area contributed by atoms with Crippen LogP contribution in [0, 0.1) is 0 Å². The molecule has 4 rings (SSSR count). The van der Waals surface area contributed by atoms with Crippen molar-refractivity contribution >= 4 is 34.8 Å². The predicted octanol–water partition coefficient (Wildman–Crippen LogP) is 4.33. The summed E-state index contributed by atoms with van der Waals surface area (Å²) < 4.78 is 5.67. The molecule has 1 atom stereocenters. The fraction of sp³-hybridized carbons (Fsp3) is 0.308. The van der Waals surface area contributed by atoms with Gasteiger partial charge >= 0.3 is 6.03 Å². The molecule has 0 aliphatic carbocycles. The van der Waals surface area contributed by atoms with Crippen molar-refractivity contribution in [3.05, 3.63) is 77.9 Å². The van der Waals surface area contributed by atoms with Crippen LogP contribution in [0.1, 0.15) is 6.42 Å². The molecule has 9 heteroatoms. The Bertz CT molecular complexity index is 1070. The van der Waals surface area contributed by atoms with Gasteiger partial charge < -0.3 is 25.4 Å². The Morgan fingerprint density at radius 3 is 2.49 bits per heavy atom. The molecule has 8 nitrogen and oxygen atoms in total. The smallest absolute Gasteiger partial charge is 0.323 e. The van der Waals surface area contributed by atoms with Crippen LogP contribution in [-0.4, -0.2) is 66.5 Å². The summed E-state index contributed by atoms with van der Waals surface area (Å²) in [5.74, 6) is 1.56. The Balaban J connectivity index is 1.21. The van der Waals surface area contributed by atoms with E-state index in [9.17, 15) is 9.90 Å². The minimum Gasteiger partial charge on any atom is -0.491 e. The van der Waals surface area contributed by atoms with Gasteiger partial charge in [0.2, 0.25) is 0 Å². The lowest BCUT2D eigenvalue weighted by Crippen LogP contribution is -2.38. The van der Waals surface area contributed by atoms with Crippen LogP contribution in [0.15, 0.2) is 72.9 Å². The molecule has 0 bridgehead atoms. The second-order valence-electron chi connectivity index (χ2n) is 8.41. The number of hydrogen-bond donors (Lipinski definition) is 3. The summed E-state index contributed by atoms with van der Waals surface area (Å²) in [6.07, 6.45) is 2.05. The molecule has 2 heterocycles. The lowest BCUT2D eigenvalue weighted by atomic mass is 10.3. The molecule has 1 saturated heterocycles. The molecular weight excluding hydrogens is 466 g/mol. The van der Waals surface area contributed by atoms with E-state index in [4.69, 9.17) is 16.3 Å². The van der Waals surface area contributed by atoms with E-state index in [1.54, 1.807) is 30.5 Å². The normalized spacial score (nSPS) is 15.2. The van der Waals surface area contributed by atoms with E-state index in [-0.39, 0.29) is 12.6 Å². The number of aliphatic hydroxyl groups excluding tert-OH is 1. The molecule has 2 aromatic carbocycles. The average Bonchev–Trinajstić information content (AvgIpc) is 3.10. The first-order valence-corrected chi connectivity index (χ1v) is 12.1. The van der Waals surface area contributed by atoms with E-state index < -0.39 is 6.10 Å². The van der Waals surface area contributed by atoms with Crippen LogP contribution in [0.5, 0.6) is 5.75 Å². The van der Waals surface area contributed by atoms with Crippen molar-refractivity contribution in [3.63, 3.8) is 0 Å². The maximum absolute atomic E-state index is 12.2. The van der Waals surface area contributed by atoms with Gasteiger partial charge in [0.1, 0.15) is 24.3 Å². The van der Waals surface area contributed by atoms with Crippen LogP contribution in [0.2, 0.25) is 5.02 Å². The number of urea groups is 1. The van der Waals surface area contributed by atoms with Crippen LogP contribution < -0.4 is 20.3 Å². The minimum absolute atomic E-state index is 0.232. The summed E-state index contributed by atoms with van der Waals surface area (Å²) in [7, 11) is 0. The highest BCUT2D eigenvalue weighted by atomic mass is 35.5. The van der Waals surface area contributed by atoms with Gasteiger partial charge in [0.05, 0.1) is 11.9 Å². The SMILES string of the molecule is O=C(Nc1ccccc1)Nc1ccc(N2CCCN(CC(O)COc3ccc(Cl)cc3)CC2)nc1. The molecule has 0 spiro atoms. The number of para-hydroxylation sites is 1. The van der Waals surface area contributed by atoms with Gasteiger partial charge in [-0.1, -0.05) is 29.8 Å². The maximum Gasteiger partial charge on any atom is 0.323 e. The number of aliphatic hydroxyl groups is 1. The zero-order valence-electron chi connectivity index (χ0n) is 19.4. The Kier molecular flexibility index (Phi) is 8.78. The number of rotatable bonds is 8. The Morgan fingerprint density at radius 2 is 1.74 bits per heavy atom. The first-order chi connectivity index (χ1) is 17.0. The summed E-state index contributed by atoms with van der Waals surface area (Å²) >= 11 is 5.89. The second kappa shape index (κ2) is 12.4. The monoisotopic (exact) mass is 495 g/mol. The number of carbonyl (C=O) groups is 1. The van der Waals surface area contributed by atoms with Crippen molar-refractivity contribution in [3.8, 4) is 5.75 Å². The molecule has 1 aromatic heterocycles. The van der Waals surface area contributed by atoms with Crippen molar-refractivity contribution in [2.45, 2.75) is 12.5 Å². The summed E-state index contributed by atoms with van der Waals surface area (Å²) in [6.45, 7) is 4.18. The molecule has 0 saturated carbocycles. The molecule has 1 aliphatic heterocycles. The molecule has 184 valence electrons. The van der Waals surface area contributed by atoms with Gasteiger partial charge in [0, 0.05) is 36.9 Å². The number of amides is 2. The van der Waals surface area contributed by atoms with E-state index in [0.717, 1.165) is 44.1 Å². The average molecular weight is 496 g/mol. The van der Waals surface area contributed by atoms with Crippen molar-refractivity contribution in [1.29, 1.82) is 0 Å². The second-order valence-corrected chi connectivity index (χ2v) is 8.85. The Hall–Kier alpha value is -3.33. The third-order valence-electron chi connectivity index (χ3n) is 5.67. The summed E-state index contributed by atoms with van der Waals surface area (Å²) in [4.78, 5) is 21.2. The third-order valence-corrected chi connectivity index (χ3v) is 5.93. The molecular formula is C26H30ClN5O3. The third kappa shape index (κ3) is 7.85. The van der Waals surface area contributed by atoms with Gasteiger partial charge in [-0.05, 0) is 61.5 Å². The quantitative estimate of drug-likeness (QED) is 0.431. The minimum atomic E-state index is -0.581. The maximum atomic E-state index is 12.2. The molecule has 1 unspecified atom stereocenters. The van der Waals surface area contributed by atoms with Gasteiger partial charge in [0.25, 0.3) is 0 Å². The highest BCUT2D eigenvalue weighted by molar-refractivity contribution is 6.30.